The monoisotopic (exact) mass is 490 g/mol. The van der Waals surface area contributed by atoms with E-state index in [4.69, 9.17) is 34.8 Å². The number of rotatable bonds is 5. The fourth-order valence-corrected chi connectivity index (χ4v) is 3.46. The second kappa shape index (κ2) is 8.46. The molecule has 31 heavy (non-hydrogen) atoms. The minimum absolute atomic E-state index is 0.0412. The van der Waals surface area contributed by atoms with Crippen molar-refractivity contribution in [2.45, 2.75) is 25.4 Å². The van der Waals surface area contributed by atoms with Crippen LogP contribution in [0, 0.1) is 11.3 Å². The normalized spacial score (nSPS) is 13.5. The lowest BCUT2D eigenvalue weighted by atomic mass is 10.0. The first kappa shape index (κ1) is 23.0. The van der Waals surface area contributed by atoms with Crippen LogP contribution in [0.5, 0.6) is 5.75 Å². The molecule has 162 valence electrons. The Hall–Kier alpha value is -2.67. The van der Waals surface area contributed by atoms with Gasteiger partial charge in [0.15, 0.2) is 0 Å². The summed E-state index contributed by atoms with van der Waals surface area (Å²) in [6.07, 6.45) is -3.28. The summed E-state index contributed by atoms with van der Waals surface area (Å²) < 4.78 is 41.9. The molecule has 0 bridgehead atoms. The van der Waals surface area contributed by atoms with Crippen molar-refractivity contribution in [3.63, 3.8) is 0 Å². The van der Waals surface area contributed by atoms with Crippen molar-refractivity contribution in [1.29, 1.82) is 5.26 Å². The van der Waals surface area contributed by atoms with Gasteiger partial charge >= 0.3 is 6.36 Å². The third kappa shape index (κ3) is 5.34. The van der Waals surface area contributed by atoms with Gasteiger partial charge in [0.25, 0.3) is 5.91 Å². The van der Waals surface area contributed by atoms with Crippen molar-refractivity contribution >= 4 is 51.6 Å². The molecule has 2 aromatic carbocycles. The summed E-state index contributed by atoms with van der Waals surface area (Å²) in [7, 11) is 0. The Morgan fingerprint density at radius 2 is 1.87 bits per heavy atom. The van der Waals surface area contributed by atoms with Crippen LogP contribution in [0.15, 0.2) is 36.5 Å². The number of carbonyl (C=O) groups excluding carboxylic acids is 1. The number of ether oxygens (including phenoxy) is 1. The van der Waals surface area contributed by atoms with Crippen molar-refractivity contribution in [2.75, 3.05) is 0 Å². The molecule has 0 fully saturated rings. The number of alkyl halides is 3. The summed E-state index contributed by atoms with van der Waals surface area (Å²) in [4.78, 5) is 12.5. The lowest BCUT2D eigenvalue weighted by Crippen LogP contribution is -2.48. The van der Waals surface area contributed by atoms with Gasteiger partial charge in [0, 0.05) is 17.1 Å². The molecule has 3 aromatic rings. The Morgan fingerprint density at radius 3 is 2.45 bits per heavy atom. The molecule has 12 heteroatoms. The van der Waals surface area contributed by atoms with Crippen LogP contribution in [0.1, 0.15) is 17.3 Å². The van der Waals surface area contributed by atoms with Gasteiger partial charge in [0.2, 0.25) is 0 Å². The van der Waals surface area contributed by atoms with Crippen molar-refractivity contribution in [3.8, 4) is 11.8 Å². The van der Waals surface area contributed by atoms with Crippen molar-refractivity contribution in [3.05, 3.63) is 57.2 Å². The largest absolute Gasteiger partial charge is 0.573 e. The van der Waals surface area contributed by atoms with Crippen molar-refractivity contribution < 1.29 is 22.7 Å². The Kier molecular flexibility index (Phi) is 6.28. The van der Waals surface area contributed by atoms with Crippen LogP contribution in [0.3, 0.4) is 0 Å². The Bertz CT molecular complexity index is 1190. The molecule has 0 aliphatic carbocycles. The molecule has 0 saturated carbocycles. The quantitative estimate of drug-likeness (QED) is 0.471. The number of benzene rings is 2. The highest BCUT2D eigenvalue weighted by atomic mass is 35.5. The van der Waals surface area contributed by atoms with Crippen LogP contribution in [0.2, 0.25) is 15.1 Å². The SMILES string of the molecule is CC(C#N)(Cn1cc2c(Cl)cc(Cl)c(Cl)c2n1)NC(=O)c1ccc(OC(F)(F)F)cc1. The highest BCUT2D eigenvalue weighted by Gasteiger charge is 2.31. The highest BCUT2D eigenvalue weighted by Crippen LogP contribution is 2.35. The number of nitrogens with one attached hydrogen (secondary N) is 1. The average Bonchev–Trinajstić information content (AvgIpc) is 3.09. The van der Waals surface area contributed by atoms with Crippen molar-refractivity contribution in [2.24, 2.45) is 0 Å². The summed E-state index contributed by atoms with van der Waals surface area (Å²) in [6, 6.07) is 7.77. The Balaban J connectivity index is 1.79. The maximum atomic E-state index is 12.5. The molecule has 1 N–H and O–H groups in total. The Morgan fingerprint density at radius 1 is 1.23 bits per heavy atom. The maximum Gasteiger partial charge on any atom is 0.573 e. The summed E-state index contributed by atoms with van der Waals surface area (Å²) in [5, 5.41) is 17.7. The van der Waals surface area contributed by atoms with Gasteiger partial charge in [0.1, 0.15) is 16.8 Å². The molecule has 0 spiro atoms. The summed E-state index contributed by atoms with van der Waals surface area (Å²) in [5.41, 5.74) is -1.03. The molecule has 3 rings (SSSR count). The van der Waals surface area contributed by atoms with E-state index in [-0.39, 0.29) is 22.2 Å². The smallest absolute Gasteiger partial charge is 0.406 e. The number of amides is 1. The van der Waals surface area contributed by atoms with E-state index in [0.717, 1.165) is 24.3 Å². The Labute approximate surface area is 189 Å². The number of halogens is 6. The van der Waals surface area contributed by atoms with Crippen molar-refractivity contribution in [1.82, 2.24) is 15.1 Å². The number of hydrogen-bond acceptors (Lipinski definition) is 4. The fraction of sp³-hybridized carbons (Fsp3) is 0.211. The van der Waals surface area contributed by atoms with Crippen LogP contribution in [0.25, 0.3) is 10.9 Å². The molecule has 0 saturated heterocycles. The summed E-state index contributed by atoms with van der Waals surface area (Å²) in [5.74, 6) is -1.14. The van der Waals surface area contributed by atoms with E-state index in [1.54, 1.807) is 6.20 Å². The first-order chi connectivity index (χ1) is 14.4. The number of nitriles is 1. The number of aromatic nitrogens is 2. The van der Waals surface area contributed by atoms with Gasteiger partial charge in [-0.25, -0.2) is 0 Å². The highest BCUT2D eigenvalue weighted by molar-refractivity contribution is 6.47. The molecule has 1 aromatic heterocycles. The van der Waals surface area contributed by atoms with Gasteiger partial charge in [-0.1, -0.05) is 34.8 Å². The lowest BCUT2D eigenvalue weighted by Gasteiger charge is -2.23. The predicted molar refractivity (Wildman–Crippen MR) is 109 cm³/mol. The van der Waals surface area contributed by atoms with Crippen LogP contribution in [0.4, 0.5) is 13.2 Å². The minimum Gasteiger partial charge on any atom is -0.406 e. The number of carbonyl (C=O) groups is 1. The van der Waals surface area contributed by atoms with E-state index in [2.05, 4.69) is 15.2 Å². The van der Waals surface area contributed by atoms with E-state index in [9.17, 15) is 23.2 Å². The fourth-order valence-electron chi connectivity index (χ4n) is 2.76. The zero-order chi connectivity index (χ0) is 23.0. The third-order valence-corrected chi connectivity index (χ3v) is 5.24. The zero-order valence-electron chi connectivity index (χ0n) is 15.6. The van der Waals surface area contributed by atoms with Gasteiger partial charge in [0.05, 0.1) is 27.7 Å². The molecule has 1 atom stereocenters. The molecule has 6 nitrogen and oxygen atoms in total. The standard InChI is InChI=1S/C19H12Cl3F3N4O2/c1-18(8-26,9-29-7-12-13(20)6-14(21)15(22)16(12)28-29)27-17(30)10-2-4-11(5-3-10)31-19(23,24)25/h2-7H,9H2,1H3,(H,27,30). The summed E-state index contributed by atoms with van der Waals surface area (Å²) >= 11 is 18.3. The molecule has 0 aliphatic heterocycles. The van der Waals surface area contributed by atoms with Gasteiger partial charge in [-0.3, -0.25) is 9.48 Å². The predicted octanol–water partition coefficient (Wildman–Crippen LogP) is 5.61. The number of fused-ring (bicyclic) bond motifs is 1. The molecule has 1 heterocycles. The topological polar surface area (TPSA) is 79.9 Å². The van der Waals surface area contributed by atoms with E-state index in [0.29, 0.717) is 15.9 Å². The average molecular weight is 492 g/mol. The summed E-state index contributed by atoms with van der Waals surface area (Å²) in [6.45, 7) is 1.40. The first-order valence-electron chi connectivity index (χ1n) is 8.51. The maximum absolute atomic E-state index is 12.5. The van der Waals surface area contributed by atoms with E-state index in [1.165, 1.54) is 17.7 Å². The second-order valence-electron chi connectivity index (χ2n) is 6.71. The van der Waals surface area contributed by atoms with Gasteiger partial charge in [-0.05, 0) is 37.3 Å². The zero-order valence-corrected chi connectivity index (χ0v) is 17.9. The van der Waals surface area contributed by atoms with E-state index < -0.39 is 23.6 Å². The van der Waals surface area contributed by atoms with Crippen LogP contribution < -0.4 is 10.1 Å². The van der Waals surface area contributed by atoms with Gasteiger partial charge in [-0.2, -0.15) is 10.4 Å². The lowest BCUT2D eigenvalue weighted by molar-refractivity contribution is -0.274. The molecular formula is C19H12Cl3F3N4O2. The molecule has 1 unspecified atom stereocenters. The van der Waals surface area contributed by atoms with Gasteiger partial charge < -0.3 is 10.1 Å². The minimum atomic E-state index is -4.84. The second-order valence-corrected chi connectivity index (χ2v) is 7.91. The van der Waals surface area contributed by atoms with E-state index >= 15 is 0 Å². The van der Waals surface area contributed by atoms with Gasteiger partial charge in [-0.15, -0.1) is 13.2 Å². The first-order valence-corrected chi connectivity index (χ1v) is 9.64. The molecule has 1 amide bonds. The number of nitrogens with zero attached hydrogens (tertiary/aromatic N) is 3. The molecule has 0 radical (unpaired) electrons. The van der Waals surface area contributed by atoms with Crippen LogP contribution in [-0.2, 0) is 6.54 Å². The van der Waals surface area contributed by atoms with Crippen LogP contribution >= 0.6 is 34.8 Å². The molecular weight excluding hydrogens is 480 g/mol. The molecule has 0 aliphatic rings. The number of hydrogen-bond donors (Lipinski definition) is 1. The van der Waals surface area contributed by atoms with Crippen LogP contribution in [-0.4, -0.2) is 27.6 Å². The third-order valence-electron chi connectivity index (χ3n) is 4.15. The van der Waals surface area contributed by atoms with E-state index in [1.807, 2.05) is 6.07 Å².